The average Bonchev–Trinajstić information content (AvgIpc) is 3.13. The van der Waals surface area contributed by atoms with Crippen LogP contribution in [-0.2, 0) is 14.8 Å². The van der Waals surface area contributed by atoms with E-state index in [4.69, 9.17) is 4.74 Å². The second-order valence-corrected chi connectivity index (χ2v) is 9.62. The van der Waals surface area contributed by atoms with Crippen LogP contribution in [0.5, 0.6) is 5.75 Å². The molecule has 1 aliphatic rings. The summed E-state index contributed by atoms with van der Waals surface area (Å²) in [4.78, 5) is 25.8. The number of hydrogen-bond donors (Lipinski definition) is 1. The summed E-state index contributed by atoms with van der Waals surface area (Å²) in [7, 11) is 0.470. The van der Waals surface area contributed by atoms with Crippen LogP contribution in [0.15, 0.2) is 47.4 Å². The molecule has 1 aliphatic heterocycles. The number of rotatable bonds is 6. The van der Waals surface area contributed by atoms with Crippen LogP contribution < -0.4 is 15.0 Å². The molecule has 1 N–H and O–H groups in total. The van der Waals surface area contributed by atoms with Crippen molar-refractivity contribution < 1.29 is 27.5 Å². The summed E-state index contributed by atoms with van der Waals surface area (Å²) < 4.78 is 38.1. The zero-order valence-corrected chi connectivity index (χ0v) is 19.9. The van der Waals surface area contributed by atoms with Gasteiger partial charge in [0.1, 0.15) is 10.6 Å². The molecule has 0 unspecified atom stereocenters. The van der Waals surface area contributed by atoms with E-state index < -0.39 is 22.0 Å². The maximum absolute atomic E-state index is 13.3. The smallest absolute Gasteiger partial charge is 0.413 e. The third kappa shape index (κ3) is 5.63. The molecule has 0 saturated carbocycles. The first-order chi connectivity index (χ1) is 15.8. The van der Waals surface area contributed by atoms with Gasteiger partial charge in [-0.2, -0.15) is 4.31 Å². The minimum Gasteiger partial charge on any atom is -0.495 e. The van der Waals surface area contributed by atoms with Crippen LogP contribution in [0.25, 0.3) is 0 Å². The fourth-order valence-electron chi connectivity index (χ4n) is 3.65. The molecule has 0 radical (unpaired) electrons. The molecule has 10 heteroatoms. The van der Waals surface area contributed by atoms with Crippen molar-refractivity contribution in [3.8, 4) is 5.75 Å². The second-order valence-electron chi connectivity index (χ2n) is 7.71. The number of nitrogens with one attached hydrogen (secondary N) is 1. The zero-order chi connectivity index (χ0) is 24.0. The molecule has 3 rings (SSSR count). The Morgan fingerprint density at radius 2 is 1.61 bits per heavy atom. The summed E-state index contributed by atoms with van der Waals surface area (Å²) in [6.45, 7) is 0.905. The van der Waals surface area contributed by atoms with Gasteiger partial charge >= 0.3 is 6.09 Å². The Balaban J connectivity index is 1.82. The Morgan fingerprint density at radius 1 is 0.970 bits per heavy atom. The van der Waals surface area contributed by atoms with Gasteiger partial charge in [-0.3, -0.25) is 9.69 Å². The highest BCUT2D eigenvalue weighted by Gasteiger charge is 2.29. The Morgan fingerprint density at radius 3 is 2.18 bits per heavy atom. The third-order valence-electron chi connectivity index (χ3n) is 5.57. The largest absolute Gasteiger partial charge is 0.495 e. The quantitative estimate of drug-likeness (QED) is 0.683. The van der Waals surface area contributed by atoms with Crippen molar-refractivity contribution in [1.29, 1.82) is 0 Å². The molecular formula is C23H29N3O6S. The van der Waals surface area contributed by atoms with Gasteiger partial charge in [0, 0.05) is 37.1 Å². The lowest BCUT2D eigenvalue weighted by Crippen LogP contribution is -2.32. The van der Waals surface area contributed by atoms with Crippen molar-refractivity contribution in [3.63, 3.8) is 0 Å². The first-order valence-corrected chi connectivity index (χ1v) is 12.1. The zero-order valence-electron chi connectivity index (χ0n) is 19.0. The van der Waals surface area contributed by atoms with Crippen LogP contribution in [0.3, 0.4) is 0 Å². The van der Waals surface area contributed by atoms with Crippen molar-refractivity contribution in [2.75, 3.05) is 44.6 Å². The minimum absolute atomic E-state index is 0.0189. The highest BCUT2D eigenvalue weighted by Crippen LogP contribution is 2.30. The van der Waals surface area contributed by atoms with E-state index >= 15 is 0 Å². The SMILES string of the molecule is COC(=O)N(C)c1ccc(NC(=O)c2ccc(OC)c(S(=O)(=O)N3CCCCCC3)c2)cc1. The molecule has 1 heterocycles. The second kappa shape index (κ2) is 10.7. The van der Waals surface area contributed by atoms with E-state index in [9.17, 15) is 18.0 Å². The summed E-state index contributed by atoms with van der Waals surface area (Å²) >= 11 is 0. The van der Waals surface area contributed by atoms with Crippen LogP contribution in [0.2, 0.25) is 0 Å². The number of anilines is 2. The standard InChI is InChI=1S/C23H29N3O6S/c1-25(23(28)32-3)19-11-9-18(10-12-19)24-22(27)17-8-13-20(31-2)21(16-17)33(29,30)26-14-6-4-5-7-15-26/h8-13,16H,4-7,14-15H2,1-3H3,(H,24,27). The number of ether oxygens (including phenoxy) is 2. The Labute approximate surface area is 194 Å². The molecule has 2 amide bonds. The van der Waals surface area contributed by atoms with Gasteiger partial charge in [-0.1, -0.05) is 12.8 Å². The van der Waals surface area contributed by atoms with Crippen molar-refractivity contribution >= 4 is 33.4 Å². The lowest BCUT2D eigenvalue weighted by molar-refractivity contribution is 0.102. The molecular weight excluding hydrogens is 446 g/mol. The van der Waals surface area contributed by atoms with Crippen LogP contribution in [0.1, 0.15) is 36.0 Å². The predicted molar refractivity (Wildman–Crippen MR) is 125 cm³/mol. The summed E-state index contributed by atoms with van der Waals surface area (Å²) in [5.41, 5.74) is 1.28. The summed E-state index contributed by atoms with van der Waals surface area (Å²) in [6, 6.07) is 11.0. The normalized spacial score (nSPS) is 14.8. The van der Waals surface area contributed by atoms with Crippen molar-refractivity contribution in [3.05, 3.63) is 48.0 Å². The number of amides is 2. The van der Waals surface area contributed by atoms with E-state index in [1.165, 1.54) is 41.6 Å². The number of sulfonamides is 1. The number of methoxy groups -OCH3 is 2. The number of nitrogens with zero attached hydrogens (tertiary/aromatic N) is 2. The summed E-state index contributed by atoms with van der Waals surface area (Å²) in [6.07, 6.45) is 3.11. The fraction of sp³-hybridized carbons (Fsp3) is 0.391. The fourth-order valence-corrected chi connectivity index (χ4v) is 5.35. The maximum atomic E-state index is 13.3. The van der Waals surface area contributed by atoms with E-state index in [0.717, 1.165) is 25.7 Å². The molecule has 1 saturated heterocycles. The van der Waals surface area contributed by atoms with E-state index in [1.54, 1.807) is 31.3 Å². The Kier molecular flexibility index (Phi) is 7.93. The molecule has 9 nitrogen and oxygen atoms in total. The first-order valence-electron chi connectivity index (χ1n) is 10.7. The molecule has 0 bridgehead atoms. The van der Waals surface area contributed by atoms with Crippen LogP contribution >= 0.6 is 0 Å². The van der Waals surface area contributed by atoms with Gasteiger partial charge in [0.2, 0.25) is 10.0 Å². The molecule has 2 aromatic carbocycles. The molecule has 2 aromatic rings. The first kappa shape index (κ1) is 24.5. The molecule has 0 aliphatic carbocycles. The van der Waals surface area contributed by atoms with Gasteiger partial charge in [0.25, 0.3) is 5.91 Å². The van der Waals surface area contributed by atoms with E-state index in [1.807, 2.05) is 0 Å². The molecule has 0 spiro atoms. The number of carbonyl (C=O) groups excluding carboxylic acids is 2. The van der Waals surface area contributed by atoms with Gasteiger partial charge in [-0.25, -0.2) is 13.2 Å². The van der Waals surface area contributed by atoms with Crippen molar-refractivity contribution in [2.24, 2.45) is 0 Å². The van der Waals surface area contributed by atoms with Gasteiger partial charge in [0.05, 0.1) is 14.2 Å². The highest BCUT2D eigenvalue weighted by molar-refractivity contribution is 7.89. The van der Waals surface area contributed by atoms with E-state index in [0.29, 0.717) is 24.5 Å². The minimum atomic E-state index is -3.80. The molecule has 0 aromatic heterocycles. The molecule has 1 fully saturated rings. The third-order valence-corrected chi connectivity index (χ3v) is 7.49. The number of benzene rings is 2. The molecule has 0 atom stereocenters. The summed E-state index contributed by atoms with van der Waals surface area (Å²) in [5, 5.41) is 2.75. The maximum Gasteiger partial charge on any atom is 0.413 e. The predicted octanol–water partition coefficient (Wildman–Crippen LogP) is 3.71. The van der Waals surface area contributed by atoms with E-state index in [-0.39, 0.29) is 16.2 Å². The summed E-state index contributed by atoms with van der Waals surface area (Å²) in [5.74, 6) is -0.259. The lowest BCUT2D eigenvalue weighted by atomic mass is 10.2. The topological polar surface area (TPSA) is 105 Å². The Bertz CT molecular complexity index is 1090. The van der Waals surface area contributed by atoms with Gasteiger partial charge in [-0.15, -0.1) is 0 Å². The monoisotopic (exact) mass is 475 g/mol. The van der Waals surface area contributed by atoms with Crippen LogP contribution in [-0.4, -0.2) is 59.1 Å². The van der Waals surface area contributed by atoms with Gasteiger partial charge in [0.15, 0.2) is 0 Å². The van der Waals surface area contributed by atoms with Crippen molar-refractivity contribution in [1.82, 2.24) is 4.31 Å². The van der Waals surface area contributed by atoms with Crippen LogP contribution in [0.4, 0.5) is 16.2 Å². The lowest BCUT2D eigenvalue weighted by Gasteiger charge is -2.21. The van der Waals surface area contributed by atoms with Gasteiger partial charge < -0.3 is 14.8 Å². The Hall–Kier alpha value is -3.11. The van der Waals surface area contributed by atoms with Crippen LogP contribution in [0, 0.1) is 0 Å². The number of hydrogen-bond acceptors (Lipinski definition) is 6. The average molecular weight is 476 g/mol. The van der Waals surface area contributed by atoms with E-state index in [2.05, 4.69) is 10.1 Å². The molecule has 178 valence electrons. The molecule has 33 heavy (non-hydrogen) atoms. The number of carbonyl (C=O) groups is 2. The van der Waals surface area contributed by atoms with Crippen molar-refractivity contribution in [2.45, 2.75) is 30.6 Å². The highest BCUT2D eigenvalue weighted by atomic mass is 32.2. The van der Waals surface area contributed by atoms with Gasteiger partial charge in [-0.05, 0) is 55.3 Å².